The quantitative estimate of drug-likeness (QED) is 0.850. The molecule has 0 radical (unpaired) electrons. The predicted molar refractivity (Wildman–Crippen MR) is 78.1 cm³/mol. The lowest BCUT2D eigenvalue weighted by atomic mass is 9.87. The molecule has 110 valence electrons. The van der Waals surface area contributed by atoms with Crippen LogP contribution in [-0.4, -0.2) is 33.7 Å². The molecule has 0 N–H and O–H groups in total. The second-order valence-corrected chi connectivity index (χ2v) is 6.33. The van der Waals surface area contributed by atoms with Gasteiger partial charge in [0.25, 0.3) is 0 Å². The highest BCUT2D eigenvalue weighted by molar-refractivity contribution is 5.79. The van der Waals surface area contributed by atoms with E-state index in [0.29, 0.717) is 17.7 Å². The Kier molecular flexibility index (Phi) is 4.38. The van der Waals surface area contributed by atoms with Gasteiger partial charge >= 0.3 is 0 Å². The zero-order chi connectivity index (χ0) is 13.8. The van der Waals surface area contributed by atoms with Crippen molar-refractivity contribution in [3.63, 3.8) is 0 Å². The molecule has 4 heteroatoms. The lowest BCUT2D eigenvalue weighted by Crippen LogP contribution is -2.42. The summed E-state index contributed by atoms with van der Waals surface area (Å²) in [7, 11) is 0. The Bertz CT molecular complexity index is 415. The molecular weight excluding hydrogens is 250 g/mol. The van der Waals surface area contributed by atoms with Crippen LogP contribution in [0.5, 0.6) is 0 Å². The summed E-state index contributed by atoms with van der Waals surface area (Å²) in [6, 6.07) is 1.97. The van der Waals surface area contributed by atoms with Crippen LogP contribution in [0, 0.1) is 11.8 Å². The first kappa shape index (κ1) is 13.7. The molecule has 2 fully saturated rings. The van der Waals surface area contributed by atoms with Crippen molar-refractivity contribution in [3.8, 4) is 0 Å². The molecule has 0 aromatic carbocycles. The van der Waals surface area contributed by atoms with Crippen molar-refractivity contribution in [2.24, 2.45) is 11.8 Å². The van der Waals surface area contributed by atoms with Crippen LogP contribution in [0.2, 0.25) is 0 Å². The fraction of sp³-hybridized carbons (Fsp3) is 0.750. The van der Waals surface area contributed by atoms with E-state index in [1.807, 2.05) is 23.1 Å². The van der Waals surface area contributed by atoms with E-state index < -0.39 is 0 Å². The van der Waals surface area contributed by atoms with Gasteiger partial charge < -0.3 is 4.90 Å². The molecule has 0 bridgehead atoms. The van der Waals surface area contributed by atoms with E-state index in [4.69, 9.17) is 0 Å². The Morgan fingerprint density at radius 2 is 1.85 bits per heavy atom. The van der Waals surface area contributed by atoms with E-state index >= 15 is 0 Å². The third kappa shape index (κ3) is 3.22. The number of aromatic nitrogens is 2. The molecular formula is C16H25N3O. The van der Waals surface area contributed by atoms with E-state index in [2.05, 4.69) is 10.00 Å². The van der Waals surface area contributed by atoms with Crippen LogP contribution in [0.1, 0.15) is 44.9 Å². The Balaban J connectivity index is 1.46. The van der Waals surface area contributed by atoms with Crippen molar-refractivity contribution in [2.45, 2.75) is 51.5 Å². The van der Waals surface area contributed by atoms with Gasteiger partial charge in [-0.3, -0.25) is 9.48 Å². The summed E-state index contributed by atoms with van der Waals surface area (Å²) in [6.45, 7) is 2.89. The topological polar surface area (TPSA) is 38.1 Å². The minimum absolute atomic E-state index is 0.325. The van der Waals surface area contributed by atoms with Crippen LogP contribution in [0.4, 0.5) is 0 Å². The summed E-state index contributed by atoms with van der Waals surface area (Å²) in [4.78, 5) is 14.6. The molecule has 1 aliphatic heterocycles. The first-order valence-electron chi connectivity index (χ1n) is 8.09. The van der Waals surface area contributed by atoms with Crippen molar-refractivity contribution in [3.05, 3.63) is 18.5 Å². The van der Waals surface area contributed by atoms with E-state index in [1.54, 1.807) is 0 Å². The number of rotatable bonds is 3. The van der Waals surface area contributed by atoms with E-state index in [0.717, 1.165) is 45.3 Å². The van der Waals surface area contributed by atoms with Crippen LogP contribution in [0.3, 0.4) is 0 Å². The summed E-state index contributed by atoms with van der Waals surface area (Å²) in [6.07, 6.45) is 12.1. The lowest BCUT2D eigenvalue weighted by Gasteiger charge is -2.35. The normalized spacial score (nSPS) is 22.1. The molecule has 0 atom stereocenters. The van der Waals surface area contributed by atoms with Crippen molar-refractivity contribution in [2.75, 3.05) is 13.1 Å². The fourth-order valence-corrected chi connectivity index (χ4v) is 3.62. The SMILES string of the molecule is O=C(C1CCCCC1)N1CCC(Cn2cccn2)CC1. The van der Waals surface area contributed by atoms with Gasteiger partial charge in [0.15, 0.2) is 0 Å². The molecule has 0 unspecified atom stereocenters. The van der Waals surface area contributed by atoms with Gasteiger partial charge in [-0.05, 0) is 37.7 Å². The Morgan fingerprint density at radius 3 is 2.50 bits per heavy atom. The van der Waals surface area contributed by atoms with Gasteiger partial charge in [-0.25, -0.2) is 0 Å². The van der Waals surface area contributed by atoms with Gasteiger partial charge in [0.05, 0.1) is 0 Å². The van der Waals surface area contributed by atoms with Crippen LogP contribution in [0.15, 0.2) is 18.5 Å². The maximum atomic E-state index is 12.5. The third-order valence-corrected chi connectivity index (χ3v) is 4.89. The predicted octanol–water partition coefficient (Wildman–Crippen LogP) is 2.70. The van der Waals surface area contributed by atoms with Gasteiger partial charge in [-0.2, -0.15) is 5.10 Å². The molecule has 1 amide bonds. The summed E-state index contributed by atoms with van der Waals surface area (Å²) in [5, 5.41) is 4.27. The smallest absolute Gasteiger partial charge is 0.225 e. The summed E-state index contributed by atoms with van der Waals surface area (Å²) < 4.78 is 2.02. The van der Waals surface area contributed by atoms with Gasteiger partial charge in [-0.1, -0.05) is 19.3 Å². The number of carbonyl (C=O) groups excluding carboxylic acids is 1. The first-order valence-corrected chi connectivity index (χ1v) is 8.09. The number of carbonyl (C=O) groups is 1. The second kappa shape index (κ2) is 6.42. The highest BCUT2D eigenvalue weighted by Crippen LogP contribution is 2.27. The maximum Gasteiger partial charge on any atom is 0.225 e. The first-order chi connectivity index (χ1) is 9.83. The summed E-state index contributed by atoms with van der Waals surface area (Å²) in [5.41, 5.74) is 0. The molecule has 1 aromatic rings. The summed E-state index contributed by atoms with van der Waals surface area (Å²) in [5.74, 6) is 1.43. The third-order valence-electron chi connectivity index (χ3n) is 4.89. The average Bonchev–Trinajstić information content (AvgIpc) is 3.01. The minimum atomic E-state index is 0.325. The zero-order valence-corrected chi connectivity index (χ0v) is 12.2. The Hall–Kier alpha value is -1.32. The maximum absolute atomic E-state index is 12.5. The van der Waals surface area contributed by atoms with Gasteiger partial charge in [0.1, 0.15) is 0 Å². The van der Waals surface area contributed by atoms with Crippen molar-refractivity contribution in [1.82, 2.24) is 14.7 Å². The number of piperidine rings is 1. The molecule has 2 heterocycles. The van der Waals surface area contributed by atoms with Crippen LogP contribution in [0.25, 0.3) is 0 Å². The molecule has 1 aromatic heterocycles. The molecule has 1 saturated carbocycles. The highest BCUT2D eigenvalue weighted by atomic mass is 16.2. The molecule has 0 spiro atoms. The largest absolute Gasteiger partial charge is 0.342 e. The van der Waals surface area contributed by atoms with Crippen LogP contribution >= 0.6 is 0 Å². The van der Waals surface area contributed by atoms with Crippen molar-refractivity contribution >= 4 is 5.91 Å². The van der Waals surface area contributed by atoms with E-state index in [1.165, 1.54) is 19.3 Å². The monoisotopic (exact) mass is 275 g/mol. The highest BCUT2D eigenvalue weighted by Gasteiger charge is 2.29. The van der Waals surface area contributed by atoms with E-state index in [9.17, 15) is 4.79 Å². The van der Waals surface area contributed by atoms with Crippen LogP contribution in [-0.2, 0) is 11.3 Å². The van der Waals surface area contributed by atoms with Gasteiger partial charge in [0, 0.05) is 37.9 Å². The number of hydrogen-bond acceptors (Lipinski definition) is 2. The average molecular weight is 275 g/mol. The Labute approximate surface area is 121 Å². The Morgan fingerprint density at radius 1 is 1.10 bits per heavy atom. The molecule has 2 aliphatic rings. The fourth-order valence-electron chi connectivity index (χ4n) is 3.62. The van der Waals surface area contributed by atoms with Gasteiger partial charge in [0.2, 0.25) is 5.91 Å². The van der Waals surface area contributed by atoms with Gasteiger partial charge in [-0.15, -0.1) is 0 Å². The lowest BCUT2D eigenvalue weighted by molar-refractivity contribution is -0.138. The molecule has 20 heavy (non-hydrogen) atoms. The molecule has 1 aliphatic carbocycles. The van der Waals surface area contributed by atoms with Crippen LogP contribution < -0.4 is 0 Å². The van der Waals surface area contributed by atoms with E-state index in [-0.39, 0.29) is 0 Å². The number of nitrogens with zero attached hydrogens (tertiary/aromatic N) is 3. The molecule has 3 rings (SSSR count). The standard InChI is InChI=1S/C16H25N3O/c20-16(15-5-2-1-3-6-15)18-11-7-14(8-12-18)13-19-10-4-9-17-19/h4,9-10,14-15H,1-3,5-8,11-13H2. The number of amides is 1. The minimum Gasteiger partial charge on any atom is -0.342 e. The van der Waals surface area contributed by atoms with Crippen molar-refractivity contribution in [1.29, 1.82) is 0 Å². The molecule has 1 saturated heterocycles. The number of likely N-dealkylation sites (tertiary alicyclic amines) is 1. The summed E-state index contributed by atoms with van der Waals surface area (Å²) >= 11 is 0. The zero-order valence-electron chi connectivity index (χ0n) is 12.2. The second-order valence-electron chi connectivity index (χ2n) is 6.33. The number of hydrogen-bond donors (Lipinski definition) is 0. The van der Waals surface area contributed by atoms with Crippen molar-refractivity contribution < 1.29 is 4.79 Å². The molecule has 4 nitrogen and oxygen atoms in total.